The number of guanidine groups is 1. The zero-order chi connectivity index (χ0) is 65.1. The third-order valence-corrected chi connectivity index (χ3v) is 27.6. The van der Waals surface area contributed by atoms with Crippen molar-refractivity contribution in [3.8, 4) is 17.6 Å². The van der Waals surface area contributed by atoms with Crippen LogP contribution in [0.25, 0.3) is 0 Å². The van der Waals surface area contributed by atoms with Gasteiger partial charge in [0.2, 0.25) is 0 Å². The Bertz CT molecular complexity index is 3120. The largest absolute Gasteiger partial charge is 0.508 e. The SMILES string of the molecule is CCCCCC12C(=O)C3=C4C(CCC5(CCN=C(N)N)C6C(CC#CC(C7C(CC)OC(=O)C7c7cc[nH]c7)CC7C8CC(C)CCC8=CCC7C(C(O)O)CC(O)C6(C)O)CC45O)C1(C)CC(O)C(O)C2CSSCC(c1ccc(O)cc1)CC(=O)C(CO)N3. The van der Waals surface area contributed by atoms with E-state index >= 15 is 14.7 Å². The first kappa shape index (κ1) is 68.0. The summed E-state index contributed by atoms with van der Waals surface area (Å²) in [4.78, 5) is 54.3. The molecule has 11 rings (SSSR count). The second kappa shape index (κ2) is 27.0. The average Bonchev–Trinajstić information content (AvgIpc) is 1.65. The van der Waals surface area contributed by atoms with Gasteiger partial charge < -0.3 is 72.5 Å². The van der Waals surface area contributed by atoms with Gasteiger partial charge in [0.25, 0.3) is 0 Å². The quantitative estimate of drug-likeness (QED) is 0.0137. The predicted octanol–water partition coefficient (Wildman–Crippen LogP) is 7.26. The summed E-state index contributed by atoms with van der Waals surface area (Å²) < 4.78 is 6.30. The number of aliphatic hydroxyl groups is 8. The number of phenols is 1. The Morgan fingerprint density at radius 2 is 1.69 bits per heavy atom. The van der Waals surface area contributed by atoms with Gasteiger partial charge in [-0.15, -0.1) is 5.92 Å². The number of aromatic hydroxyl groups is 1. The van der Waals surface area contributed by atoms with Crippen molar-refractivity contribution >= 4 is 45.1 Å². The first-order valence-electron chi connectivity index (χ1n) is 34.0. The number of H-pyrrole nitrogens is 1. The maximum Gasteiger partial charge on any atom is 0.314 e. The number of nitrogens with zero attached hydrogens (tertiary/aromatic N) is 1. The molecule has 2 saturated heterocycles. The Balaban J connectivity index is 1.14. The number of ether oxygens (including phenoxy) is 1. The summed E-state index contributed by atoms with van der Waals surface area (Å²) in [6, 6.07) is 7.20. The molecule has 2 aromatic rings. The van der Waals surface area contributed by atoms with E-state index in [4.69, 9.17) is 16.2 Å². The number of aliphatic hydroxyl groups excluding tert-OH is 5. The minimum absolute atomic E-state index is 0.000318. The number of carbonyl (C=O) groups excluding carboxylic acids is 3. The minimum atomic E-state index is -2.13. The molecule has 0 spiro atoms. The third kappa shape index (κ3) is 11.9. The molecule has 500 valence electrons. The van der Waals surface area contributed by atoms with Crippen molar-refractivity contribution in [3.05, 3.63) is 76.8 Å². The lowest BCUT2D eigenvalue weighted by Gasteiger charge is -2.68. The zero-order valence-electron chi connectivity index (χ0n) is 53.7. The molecule has 0 amide bonds. The van der Waals surface area contributed by atoms with E-state index in [1.54, 1.807) is 37.4 Å². The van der Waals surface area contributed by atoms with Gasteiger partial charge in [0.1, 0.15) is 17.9 Å². The molecule has 23 unspecified atom stereocenters. The van der Waals surface area contributed by atoms with E-state index < -0.39 is 142 Å². The highest BCUT2D eigenvalue weighted by Crippen LogP contribution is 2.76. The Morgan fingerprint density at radius 3 is 2.38 bits per heavy atom. The molecule has 18 nitrogen and oxygen atoms in total. The first-order valence-corrected chi connectivity index (χ1v) is 36.5. The van der Waals surface area contributed by atoms with E-state index in [-0.39, 0.29) is 104 Å². The molecule has 20 heteroatoms. The van der Waals surface area contributed by atoms with Crippen LogP contribution < -0.4 is 16.8 Å². The zero-order valence-corrected chi connectivity index (χ0v) is 55.4. The number of benzene rings is 1. The maximum absolute atomic E-state index is 17.2. The molecule has 3 heterocycles. The Hall–Kier alpha value is -4.40. The predicted molar refractivity (Wildman–Crippen MR) is 350 cm³/mol. The van der Waals surface area contributed by atoms with Crippen LogP contribution in [0.2, 0.25) is 0 Å². The van der Waals surface area contributed by atoms with Crippen molar-refractivity contribution < 1.29 is 65.1 Å². The van der Waals surface area contributed by atoms with Crippen molar-refractivity contribution in [2.75, 3.05) is 24.7 Å². The smallest absolute Gasteiger partial charge is 0.314 e. The summed E-state index contributed by atoms with van der Waals surface area (Å²) in [5, 5.41) is 116. The van der Waals surface area contributed by atoms with Crippen LogP contribution in [-0.2, 0) is 19.1 Å². The van der Waals surface area contributed by atoms with Gasteiger partial charge in [-0.25, -0.2) is 0 Å². The number of Topliss-reactive ketones (excluding diaryl/α,β-unsaturated/α-hetero) is 2. The van der Waals surface area contributed by atoms with Gasteiger partial charge in [0.15, 0.2) is 23.8 Å². The summed E-state index contributed by atoms with van der Waals surface area (Å²) in [5.74, 6) is 0.506. The summed E-state index contributed by atoms with van der Waals surface area (Å²) in [7, 11) is 2.99. The Kier molecular flexibility index (Phi) is 20.2. The van der Waals surface area contributed by atoms with Gasteiger partial charge in [-0.3, -0.25) is 19.4 Å². The molecule has 0 radical (unpaired) electrons. The Labute approximate surface area is 544 Å². The molecule has 2 bridgehead atoms. The minimum Gasteiger partial charge on any atom is -0.508 e. The molecule has 91 heavy (non-hydrogen) atoms. The van der Waals surface area contributed by atoms with Gasteiger partial charge in [0, 0.05) is 89.6 Å². The van der Waals surface area contributed by atoms with Crippen LogP contribution in [0.4, 0.5) is 0 Å². The van der Waals surface area contributed by atoms with Gasteiger partial charge in [-0.05, 0) is 166 Å². The van der Waals surface area contributed by atoms with Crippen LogP contribution >= 0.6 is 21.6 Å². The summed E-state index contributed by atoms with van der Waals surface area (Å²) in [5.41, 5.74) is 7.18. The van der Waals surface area contributed by atoms with Gasteiger partial charge in [-0.2, -0.15) is 0 Å². The molecule has 6 fully saturated rings. The van der Waals surface area contributed by atoms with Crippen molar-refractivity contribution in [2.24, 2.45) is 97.8 Å². The molecule has 7 aliphatic carbocycles. The number of nitrogens with one attached hydrogen (secondary N) is 2. The standard InChI is InChI=1S/C71H101N5O13S2/c1-6-8-9-23-70-51-37-91-90-36-44(39-15-18-45(78)19-16-39)30-53(79)52(35-77)76-60(63(70)83)59-50(67(70,4)33-54(80)61(51)82)21-24-69(25-27-75-66(72)73)62-42(32-71(59,69)88)12-10-11-41(57-55(7-2)89-65(86)58(57)43-22-26-74-34-43)29-48-46(20-17-40-14-13-38(3)28-47(40)48)49(64(84)85)31-56(81)68(62,5)87/h15-19,22,26,34,38,41-42,44,46-52,54-58,61-62,64,74,76-78,80-82,84-85,87-88H,6-9,12-14,20-21,23-25,27-33,35-37H2,1-5H3,(H4,72,73,75). The molecule has 9 aliphatic rings. The van der Waals surface area contributed by atoms with Crippen molar-refractivity contribution in [2.45, 2.75) is 210 Å². The second-order valence-corrected chi connectivity index (χ2v) is 32.2. The summed E-state index contributed by atoms with van der Waals surface area (Å²) in [6.07, 6.45) is 6.23. The molecule has 2 aliphatic heterocycles. The topological polar surface area (TPSA) is 335 Å². The van der Waals surface area contributed by atoms with Crippen LogP contribution in [-0.4, -0.2) is 147 Å². The van der Waals surface area contributed by atoms with Crippen molar-refractivity contribution in [1.82, 2.24) is 10.3 Å². The lowest BCUT2D eigenvalue weighted by molar-refractivity contribution is -0.215. The molecule has 23 atom stereocenters. The van der Waals surface area contributed by atoms with E-state index in [0.29, 0.717) is 43.8 Å². The van der Waals surface area contributed by atoms with Crippen LogP contribution in [0.15, 0.2) is 70.6 Å². The highest BCUT2D eigenvalue weighted by atomic mass is 33.1. The highest BCUT2D eigenvalue weighted by Gasteiger charge is 2.77. The number of hydrogen-bond donors (Lipinski definition) is 13. The molecule has 1 aromatic carbocycles. The molecule has 15 N–H and O–H groups in total. The number of aromatic nitrogens is 1. The number of esters is 1. The van der Waals surface area contributed by atoms with Crippen LogP contribution in [0.3, 0.4) is 0 Å². The van der Waals surface area contributed by atoms with Crippen molar-refractivity contribution in [1.29, 1.82) is 0 Å². The fourth-order valence-corrected chi connectivity index (χ4v) is 23.7. The van der Waals surface area contributed by atoms with E-state index in [1.807, 2.05) is 26.1 Å². The van der Waals surface area contributed by atoms with E-state index in [2.05, 4.69) is 47.1 Å². The van der Waals surface area contributed by atoms with Gasteiger partial charge in [-0.1, -0.05) is 98.2 Å². The van der Waals surface area contributed by atoms with Crippen LogP contribution in [0.5, 0.6) is 5.75 Å². The Morgan fingerprint density at radius 1 is 0.934 bits per heavy atom. The van der Waals surface area contributed by atoms with Crippen molar-refractivity contribution in [3.63, 3.8) is 0 Å². The highest BCUT2D eigenvalue weighted by molar-refractivity contribution is 8.76. The van der Waals surface area contributed by atoms with E-state index in [9.17, 15) is 45.6 Å². The number of ketones is 2. The lowest BCUT2D eigenvalue weighted by atomic mass is 9.37. The number of allylic oxidation sites excluding steroid dienone is 3. The molecule has 1 aromatic heterocycles. The molecular weight excluding hydrogens is 1190 g/mol. The summed E-state index contributed by atoms with van der Waals surface area (Å²) in [6.45, 7) is 9.17. The van der Waals surface area contributed by atoms with Crippen LogP contribution in [0.1, 0.15) is 173 Å². The third-order valence-electron chi connectivity index (χ3n) is 25.1. The number of fused-ring (bicyclic) bond motifs is 10. The lowest BCUT2D eigenvalue weighted by Crippen LogP contribution is -2.71. The fraction of sp³-hybridized carbons (Fsp3) is 0.718. The number of phenolic OH excluding ortho intramolecular Hbond substituents is 1. The number of aliphatic imine (C=N–C) groups is 1. The number of carbonyl (C=O) groups is 3. The molecule has 4 saturated carbocycles. The number of nitrogens with two attached hydrogens (primary N) is 2. The number of unbranched alkanes of at least 4 members (excludes halogenated alkanes) is 2. The maximum atomic E-state index is 17.2. The number of aromatic amines is 1. The fourth-order valence-electron chi connectivity index (χ4n) is 20.9. The normalized spacial score (nSPS) is 42.7. The molecular formula is C71H101N5O13S2. The average molecular weight is 1300 g/mol. The first-order chi connectivity index (χ1) is 43.4. The number of cyclic esters (lactones) is 1. The second-order valence-electron chi connectivity index (χ2n) is 29.7. The van der Waals surface area contributed by atoms with Gasteiger partial charge in [0.05, 0.1) is 47.7 Å². The number of rotatable bonds is 13. The van der Waals surface area contributed by atoms with Gasteiger partial charge >= 0.3 is 5.97 Å². The summed E-state index contributed by atoms with van der Waals surface area (Å²) >= 11 is 0. The monoisotopic (exact) mass is 1300 g/mol. The van der Waals surface area contributed by atoms with E-state index in [1.165, 1.54) is 27.2 Å². The van der Waals surface area contributed by atoms with Crippen LogP contribution in [0, 0.1) is 93.2 Å². The number of hydrogen-bond acceptors (Lipinski definition) is 17. The van der Waals surface area contributed by atoms with E-state index in [0.717, 1.165) is 43.2 Å².